The van der Waals surface area contributed by atoms with Crippen LogP contribution in [0, 0.1) is 0 Å². The van der Waals surface area contributed by atoms with Gasteiger partial charge in [0.1, 0.15) is 0 Å². The summed E-state index contributed by atoms with van der Waals surface area (Å²) >= 11 is 0. The zero-order valence-electron chi connectivity index (χ0n) is 15.5. The molecule has 4 atom stereocenters. The second-order valence-electron chi connectivity index (χ2n) is 7.56. The van der Waals surface area contributed by atoms with Crippen LogP contribution in [0.3, 0.4) is 0 Å². The normalized spacial score (nSPS) is 35.5. The number of nitrogens with one attached hydrogen (secondary N) is 5. The van der Waals surface area contributed by atoms with Crippen LogP contribution in [-0.4, -0.2) is 63.4 Å². The van der Waals surface area contributed by atoms with E-state index in [-0.39, 0.29) is 34.1 Å². The van der Waals surface area contributed by atoms with Gasteiger partial charge in [-0.3, -0.25) is 0 Å². The third-order valence-corrected chi connectivity index (χ3v) is 5.89. The average molecular weight is 433 g/mol. The molecule has 0 aromatic rings. The van der Waals surface area contributed by atoms with Gasteiger partial charge in [0.25, 0.3) is 0 Å². The molecule has 0 amide bonds. The third kappa shape index (κ3) is 8.16. The molecule has 7 heteroatoms. The Morgan fingerprint density at radius 2 is 0.680 bits per heavy atom. The first-order chi connectivity index (χ1) is 11.4. The molecule has 3 rings (SSSR count). The van der Waals surface area contributed by atoms with E-state index in [0.29, 0.717) is 24.2 Å². The summed E-state index contributed by atoms with van der Waals surface area (Å²) in [4.78, 5) is 0. The molecule has 2 saturated carbocycles. The summed E-state index contributed by atoms with van der Waals surface area (Å²) < 4.78 is 0. The second-order valence-corrected chi connectivity index (χ2v) is 7.56. The number of hydrogen-bond donors (Lipinski definition) is 5. The fourth-order valence-corrected chi connectivity index (χ4v) is 4.57. The van der Waals surface area contributed by atoms with Crippen molar-refractivity contribution in [3.05, 3.63) is 0 Å². The van der Waals surface area contributed by atoms with E-state index in [0.717, 1.165) is 39.3 Å². The Labute approximate surface area is 175 Å². The Morgan fingerprint density at radius 1 is 0.400 bits per heavy atom. The van der Waals surface area contributed by atoms with Gasteiger partial charge in [0.2, 0.25) is 0 Å². The van der Waals surface area contributed by atoms with Crippen LogP contribution in [0.4, 0.5) is 0 Å². The largest absolute Gasteiger partial charge is 0.314 e. The van der Waals surface area contributed by atoms with Crippen LogP contribution in [0.1, 0.15) is 51.4 Å². The van der Waals surface area contributed by atoms with Crippen molar-refractivity contribution in [2.45, 2.75) is 75.5 Å². The standard InChI is InChI=1S/C18H37N5.2Mn/c1-3-7-17-15(5-1)20-11-9-19-10-12-21-16-6-2-4-8-18(16)23-14-13-22-17;;/h15-23H,1-14H2;;. The molecule has 5 nitrogen and oxygen atoms in total. The molecule has 5 N–H and O–H groups in total. The van der Waals surface area contributed by atoms with Gasteiger partial charge in [0, 0.05) is 97.6 Å². The van der Waals surface area contributed by atoms with E-state index in [2.05, 4.69) is 26.6 Å². The van der Waals surface area contributed by atoms with Crippen molar-refractivity contribution in [2.75, 3.05) is 39.3 Å². The van der Waals surface area contributed by atoms with E-state index in [1.807, 2.05) is 0 Å². The van der Waals surface area contributed by atoms with Crippen molar-refractivity contribution in [1.29, 1.82) is 0 Å². The predicted molar refractivity (Wildman–Crippen MR) is 97.0 cm³/mol. The molecule has 3 fully saturated rings. The Kier molecular flexibility index (Phi) is 13.3. The Bertz CT molecular complexity index is 305. The molecule has 148 valence electrons. The van der Waals surface area contributed by atoms with Crippen LogP contribution in [0.15, 0.2) is 0 Å². The van der Waals surface area contributed by atoms with Crippen molar-refractivity contribution < 1.29 is 34.1 Å². The SMILES string of the molecule is C1CCC2NCCNC3CCCCC3NCCNCCNC2C1.[Mn].[Mn]. The average Bonchev–Trinajstić information content (AvgIpc) is 2.60. The molecular formula is C18H37Mn2N5. The molecule has 1 aliphatic heterocycles. The van der Waals surface area contributed by atoms with Crippen LogP contribution in [0.5, 0.6) is 0 Å². The van der Waals surface area contributed by atoms with Gasteiger partial charge in [-0.05, 0) is 25.7 Å². The Balaban J connectivity index is 0.00000156. The summed E-state index contributed by atoms with van der Waals surface area (Å²) in [7, 11) is 0. The molecule has 1 heterocycles. The van der Waals surface area contributed by atoms with Crippen LogP contribution in [0.25, 0.3) is 0 Å². The molecule has 25 heavy (non-hydrogen) atoms. The van der Waals surface area contributed by atoms with Crippen molar-refractivity contribution in [2.24, 2.45) is 0 Å². The fourth-order valence-electron chi connectivity index (χ4n) is 4.57. The molecule has 0 aromatic carbocycles. The van der Waals surface area contributed by atoms with E-state index in [1.165, 1.54) is 51.4 Å². The van der Waals surface area contributed by atoms with E-state index in [4.69, 9.17) is 0 Å². The van der Waals surface area contributed by atoms with E-state index in [9.17, 15) is 0 Å². The van der Waals surface area contributed by atoms with Crippen LogP contribution in [0.2, 0.25) is 0 Å². The van der Waals surface area contributed by atoms with Gasteiger partial charge in [0.05, 0.1) is 0 Å². The third-order valence-electron chi connectivity index (χ3n) is 5.89. The summed E-state index contributed by atoms with van der Waals surface area (Å²) in [6.45, 7) is 6.55. The number of fused-ring (bicyclic) bond motifs is 2. The Morgan fingerprint density at radius 3 is 1.00 bits per heavy atom. The molecule has 0 spiro atoms. The second kappa shape index (κ2) is 13.9. The van der Waals surface area contributed by atoms with Gasteiger partial charge in [-0.15, -0.1) is 0 Å². The first-order valence-corrected chi connectivity index (χ1v) is 10.1. The maximum atomic E-state index is 3.82. The molecular weight excluding hydrogens is 396 g/mol. The number of hydrogen-bond acceptors (Lipinski definition) is 5. The quantitative estimate of drug-likeness (QED) is 0.362. The van der Waals surface area contributed by atoms with Gasteiger partial charge in [-0.1, -0.05) is 25.7 Å². The number of rotatable bonds is 0. The van der Waals surface area contributed by atoms with Crippen LogP contribution >= 0.6 is 0 Å². The molecule has 2 aliphatic carbocycles. The molecule has 1 saturated heterocycles. The maximum absolute atomic E-state index is 3.82. The summed E-state index contributed by atoms with van der Waals surface area (Å²) in [5.41, 5.74) is 0. The van der Waals surface area contributed by atoms with E-state index < -0.39 is 0 Å². The summed E-state index contributed by atoms with van der Waals surface area (Å²) in [5, 5.41) is 18.8. The van der Waals surface area contributed by atoms with E-state index >= 15 is 0 Å². The Hall–Kier alpha value is 0.839. The summed E-state index contributed by atoms with van der Waals surface area (Å²) in [5.74, 6) is 0. The van der Waals surface area contributed by atoms with Gasteiger partial charge in [0.15, 0.2) is 0 Å². The van der Waals surface area contributed by atoms with Gasteiger partial charge in [-0.2, -0.15) is 0 Å². The van der Waals surface area contributed by atoms with Crippen LogP contribution in [-0.2, 0) is 34.1 Å². The van der Waals surface area contributed by atoms with Gasteiger partial charge < -0.3 is 26.6 Å². The minimum Gasteiger partial charge on any atom is -0.314 e. The first-order valence-electron chi connectivity index (χ1n) is 10.1. The minimum atomic E-state index is 0. The van der Waals surface area contributed by atoms with Crippen LogP contribution < -0.4 is 26.6 Å². The monoisotopic (exact) mass is 433 g/mol. The maximum Gasteiger partial charge on any atom is 0.0221 e. The van der Waals surface area contributed by atoms with Crippen molar-refractivity contribution in [3.8, 4) is 0 Å². The smallest absolute Gasteiger partial charge is 0.0221 e. The molecule has 2 radical (unpaired) electrons. The minimum absolute atomic E-state index is 0. The first kappa shape index (κ1) is 23.9. The zero-order valence-corrected chi connectivity index (χ0v) is 17.8. The van der Waals surface area contributed by atoms with E-state index in [1.54, 1.807) is 0 Å². The zero-order chi connectivity index (χ0) is 15.7. The van der Waals surface area contributed by atoms with Gasteiger partial charge >= 0.3 is 0 Å². The molecule has 3 aliphatic rings. The molecule has 4 unspecified atom stereocenters. The molecule has 0 bridgehead atoms. The summed E-state index contributed by atoms with van der Waals surface area (Å²) in [6, 6.07) is 2.65. The van der Waals surface area contributed by atoms with Crippen molar-refractivity contribution in [3.63, 3.8) is 0 Å². The van der Waals surface area contributed by atoms with Crippen molar-refractivity contribution >= 4 is 0 Å². The predicted octanol–water partition coefficient (Wildman–Crippen LogP) is 0.565. The topological polar surface area (TPSA) is 60.1 Å². The molecule has 0 aromatic heterocycles. The summed E-state index contributed by atoms with van der Waals surface area (Å²) in [6.07, 6.45) is 10.9. The fraction of sp³-hybridized carbons (Fsp3) is 1.00. The van der Waals surface area contributed by atoms with Crippen molar-refractivity contribution in [1.82, 2.24) is 26.6 Å². The van der Waals surface area contributed by atoms with Gasteiger partial charge in [-0.25, -0.2) is 0 Å².